The quantitative estimate of drug-likeness (QED) is 0.409. The summed E-state index contributed by atoms with van der Waals surface area (Å²) in [6, 6.07) is 26.1. The highest BCUT2D eigenvalue weighted by Crippen LogP contribution is 2.27. The van der Waals surface area contributed by atoms with Gasteiger partial charge in [-0.15, -0.1) is 0 Å². The smallest absolute Gasteiger partial charge is 0.229 e. The summed E-state index contributed by atoms with van der Waals surface area (Å²) in [5.41, 5.74) is 7.43. The molecule has 0 aliphatic rings. The monoisotopic (exact) mass is 405 g/mol. The number of aryl methyl sites for hydroxylation is 2. The molecule has 0 spiro atoms. The van der Waals surface area contributed by atoms with Crippen LogP contribution in [0.4, 0.5) is 23.1 Å². The summed E-state index contributed by atoms with van der Waals surface area (Å²) in [4.78, 5) is 8.88. The average Bonchev–Trinajstić information content (AvgIpc) is 2.78. The van der Waals surface area contributed by atoms with Crippen molar-refractivity contribution in [3.63, 3.8) is 0 Å². The number of anilines is 4. The van der Waals surface area contributed by atoms with E-state index in [1.807, 2.05) is 24.3 Å². The molecule has 0 radical (unpaired) electrons. The maximum atomic E-state index is 8.93. The standard InChI is InChI=1S/C26H23N5/c1-18-14-22(16-20-6-4-3-5-7-20)15-19(2)25(18)30-24-12-13-28-26(31-24)29-23-10-8-21(17-27)9-11-23/h3-15H,16H2,1-2H3,(H2,28,29,30,31). The number of benzene rings is 3. The highest BCUT2D eigenvalue weighted by molar-refractivity contribution is 5.66. The Bertz CT molecular complexity index is 1200. The first-order valence-corrected chi connectivity index (χ1v) is 10.1. The largest absolute Gasteiger partial charge is 0.340 e. The van der Waals surface area contributed by atoms with Crippen molar-refractivity contribution in [3.8, 4) is 6.07 Å². The zero-order valence-corrected chi connectivity index (χ0v) is 17.6. The van der Waals surface area contributed by atoms with E-state index in [1.54, 1.807) is 18.3 Å². The summed E-state index contributed by atoms with van der Waals surface area (Å²) in [6.07, 6.45) is 2.63. The van der Waals surface area contributed by atoms with Crippen molar-refractivity contribution in [2.45, 2.75) is 20.3 Å². The highest BCUT2D eigenvalue weighted by Gasteiger charge is 2.08. The second-order valence-electron chi connectivity index (χ2n) is 7.47. The Morgan fingerprint density at radius 1 is 0.839 bits per heavy atom. The predicted molar refractivity (Wildman–Crippen MR) is 125 cm³/mol. The van der Waals surface area contributed by atoms with Crippen molar-refractivity contribution in [2.24, 2.45) is 0 Å². The molecule has 0 unspecified atom stereocenters. The second-order valence-corrected chi connectivity index (χ2v) is 7.47. The van der Waals surface area contributed by atoms with Gasteiger partial charge in [0.25, 0.3) is 0 Å². The van der Waals surface area contributed by atoms with Crippen LogP contribution in [0, 0.1) is 25.2 Å². The summed E-state index contributed by atoms with van der Waals surface area (Å²) in [5.74, 6) is 1.21. The van der Waals surface area contributed by atoms with Gasteiger partial charge in [0, 0.05) is 17.6 Å². The van der Waals surface area contributed by atoms with E-state index in [4.69, 9.17) is 5.26 Å². The molecule has 5 heteroatoms. The van der Waals surface area contributed by atoms with E-state index in [1.165, 1.54) is 22.3 Å². The zero-order chi connectivity index (χ0) is 21.6. The minimum absolute atomic E-state index is 0.491. The Morgan fingerprint density at radius 2 is 1.55 bits per heavy atom. The number of hydrogen-bond donors (Lipinski definition) is 2. The minimum atomic E-state index is 0.491. The molecule has 4 aromatic rings. The number of nitrogens with one attached hydrogen (secondary N) is 2. The first kappa shape index (κ1) is 20.1. The number of rotatable bonds is 6. The molecule has 2 N–H and O–H groups in total. The maximum Gasteiger partial charge on any atom is 0.229 e. The number of nitriles is 1. The van der Waals surface area contributed by atoms with Crippen LogP contribution in [-0.4, -0.2) is 9.97 Å². The summed E-state index contributed by atoms with van der Waals surface area (Å²) >= 11 is 0. The molecule has 4 rings (SSSR count). The van der Waals surface area contributed by atoms with Crippen molar-refractivity contribution in [1.29, 1.82) is 5.26 Å². The second kappa shape index (κ2) is 9.10. The topological polar surface area (TPSA) is 73.6 Å². The van der Waals surface area contributed by atoms with Crippen LogP contribution in [0.15, 0.2) is 79.0 Å². The molecule has 0 aliphatic carbocycles. The number of hydrogen-bond acceptors (Lipinski definition) is 5. The lowest BCUT2D eigenvalue weighted by molar-refractivity contribution is 1.15. The lowest BCUT2D eigenvalue weighted by Gasteiger charge is -2.15. The molecule has 0 saturated heterocycles. The van der Waals surface area contributed by atoms with Gasteiger partial charge in [-0.25, -0.2) is 4.98 Å². The Morgan fingerprint density at radius 3 is 2.23 bits per heavy atom. The van der Waals surface area contributed by atoms with E-state index in [0.717, 1.165) is 17.8 Å². The van der Waals surface area contributed by atoms with E-state index in [0.29, 0.717) is 17.3 Å². The molecule has 0 bridgehead atoms. The fraction of sp³-hybridized carbons (Fsp3) is 0.115. The van der Waals surface area contributed by atoms with Gasteiger partial charge in [-0.2, -0.15) is 10.2 Å². The molecule has 0 fully saturated rings. The van der Waals surface area contributed by atoms with E-state index < -0.39 is 0 Å². The van der Waals surface area contributed by atoms with Crippen LogP contribution in [0.5, 0.6) is 0 Å². The van der Waals surface area contributed by atoms with Crippen LogP contribution in [0.1, 0.15) is 27.8 Å². The predicted octanol–water partition coefficient (Wildman–Crippen LogP) is 6.04. The molecule has 0 atom stereocenters. The fourth-order valence-corrected chi connectivity index (χ4v) is 3.56. The Balaban J connectivity index is 1.51. The Labute approximate surface area is 182 Å². The van der Waals surface area contributed by atoms with Crippen LogP contribution in [0.2, 0.25) is 0 Å². The van der Waals surface area contributed by atoms with E-state index in [-0.39, 0.29) is 0 Å². The molecule has 1 aromatic heterocycles. The number of nitrogens with zero attached hydrogens (tertiary/aromatic N) is 3. The molecular weight excluding hydrogens is 382 g/mol. The van der Waals surface area contributed by atoms with Crippen molar-refractivity contribution in [3.05, 3.63) is 107 Å². The van der Waals surface area contributed by atoms with Gasteiger partial charge < -0.3 is 10.6 Å². The molecule has 3 aromatic carbocycles. The molecule has 0 amide bonds. The van der Waals surface area contributed by atoms with Crippen molar-refractivity contribution < 1.29 is 0 Å². The minimum Gasteiger partial charge on any atom is -0.340 e. The molecule has 0 aliphatic heterocycles. The lowest BCUT2D eigenvalue weighted by Crippen LogP contribution is -2.03. The fourth-order valence-electron chi connectivity index (χ4n) is 3.56. The van der Waals surface area contributed by atoms with Crippen LogP contribution in [0.25, 0.3) is 0 Å². The molecule has 31 heavy (non-hydrogen) atoms. The summed E-state index contributed by atoms with van der Waals surface area (Å²) in [5, 5.41) is 15.5. The molecule has 5 nitrogen and oxygen atoms in total. The Kier molecular flexibility index (Phi) is 5.91. The third-order valence-electron chi connectivity index (χ3n) is 5.02. The van der Waals surface area contributed by atoms with E-state index in [9.17, 15) is 0 Å². The third kappa shape index (κ3) is 5.06. The van der Waals surface area contributed by atoms with Gasteiger partial charge in [-0.05, 0) is 72.9 Å². The van der Waals surface area contributed by atoms with Gasteiger partial charge in [0.05, 0.1) is 11.6 Å². The Hall–Kier alpha value is -4.17. The van der Waals surface area contributed by atoms with Gasteiger partial charge in [-0.1, -0.05) is 42.5 Å². The molecule has 1 heterocycles. The lowest BCUT2D eigenvalue weighted by atomic mass is 9.99. The van der Waals surface area contributed by atoms with Gasteiger partial charge in [0.2, 0.25) is 5.95 Å². The molecule has 0 saturated carbocycles. The normalized spacial score (nSPS) is 10.4. The van der Waals surface area contributed by atoms with Crippen molar-refractivity contribution in [2.75, 3.05) is 10.6 Å². The summed E-state index contributed by atoms with van der Waals surface area (Å²) in [7, 11) is 0. The first-order chi connectivity index (χ1) is 15.1. The van der Waals surface area contributed by atoms with Crippen LogP contribution < -0.4 is 10.6 Å². The SMILES string of the molecule is Cc1cc(Cc2ccccc2)cc(C)c1Nc1ccnc(Nc2ccc(C#N)cc2)n1. The highest BCUT2D eigenvalue weighted by atomic mass is 15.1. The van der Waals surface area contributed by atoms with Crippen molar-refractivity contribution in [1.82, 2.24) is 9.97 Å². The first-order valence-electron chi connectivity index (χ1n) is 10.1. The third-order valence-corrected chi connectivity index (χ3v) is 5.02. The van der Waals surface area contributed by atoms with Crippen molar-refractivity contribution >= 4 is 23.1 Å². The molecular formula is C26H23N5. The van der Waals surface area contributed by atoms with E-state index in [2.05, 4.69) is 76.9 Å². The van der Waals surface area contributed by atoms with Crippen LogP contribution in [0.3, 0.4) is 0 Å². The van der Waals surface area contributed by atoms with Gasteiger partial charge in [0.1, 0.15) is 5.82 Å². The van der Waals surface area contributed by atoms with Crippen LogP contribution >= 0.6 is 0 Å². The molecule has 152 valence electrons. The van der Waals surface area contributed by atoms with Gasteiger partial charge >= 0.3 is 0 Å². The summed E-state index contributed by atoms with van der Waals surface area (Å²) < 4.78 is 0. The van der Waals surface area contributed by atoms with Gasteiger partial charge in [-0.3, -0.25) is 0 Å². The van der Waals surface area contributed by atoms with E-state index >= 15 is 0 Å². The summed E-state index contributed by atoms with van der Waals surface area (Å²) in [6.45, 7) is 4.22. The number of aromatic nitrogens is 2. The zero-order valence-electron chi connectivity index (χ0n) is 17.6. The maximum absolute atomic E-state index is 8.93. The average molecular weight is 406 g/mol. The van der Waals surface area contributed by atoms with Gasteiger partial charge in [0.15, 0.2) is 0 Å². The van der Waals surface area contributed by atoms with Crippen LogP contribution in [-0.2, 0) is 6.42 Å².